The van der Waals surface area contributed by atoms with Gasteiger partial charge in [0.1, 0.15) is 11.3 Å². The highest BCUT2D eigenvalue weighted by Gasteiger charge is 2.15. The Morgan fingerprint density at radius 1 is 1.30 bits per heavy atom. The van der Waals surface area contributed by atoms with Crippen molar-refractivity contribution in [3.8, 4) is 5.75 Å². The van der Waals surface area contributed by atoms with Crippen molar-refractivity contribution in [2.24, 2.45) is 0 Å². The van der Waals surface area contributed by atoms with Gasteiger partial charge in [-0.2, -0.15) is 0 Å². The number of esters is 1. The Morgan fingerprint density at radius 3 is 2.74 bits per heavy atom. The van der Waals surface area contributed by atoms with Gasteiger partial charge < -0.3 is 15.2 Å². The fourth-order valence-electron chi connectivity index (χ4n) is 1.56. The molecule has 6 nitrogen and oxygen atoms in total. The van der Waals surface area contributed by atoms with Crippen molar-refractivity contribution in [1.29, 1.82) is 0 Å². The minimum atomic E-state index is -0.839. The second-order valence-electron chi connectivity index (χ2n) is 4.27. The molecule has 2 aromatic rings. The molecule has 0 fully saturated rings. The first-order chi connectivity index (χ1) is 10.9. The van der Waals surface area contributed by atoms with Crippen LogP contribution < -0.4 is 5.32 Å². The van der Waals surface area contributed by atoms with Gasteiger partial charge in [-0.15, -0.1) is 0 Å². The van der Waals surface area contributed by atoms with Crippen LogP contribution in [0, 0.1) is 0 Å². The number of nitrogens with zero attached hydrogens (tertiary/aromatic N) is 1. The predicted molar refractivity (Wildman–Crippen MR) is 89.0 cm³/mol. The number of rotatable bonds is 4. The average molecular weight is 420 g/mol. The molecule has 0 bridgehead atoms. The number of carbonyl (C=O) groups excluding carboxylic acids is 2. The molecule has 2 N–H and O–H groups in total. The smallest absolute Gasteiger partial charge is 0.342 e. The summed E-state index contributed by atoms with van der Waals surface area (Å²) in [6.45, 7) is -0.564. The van der Waals surface area contributed by atoms with Crippen molar-refractivity contribution >= 4 is 56.8 Å². The van der Waals surface area contributed by atoms with Crippen LogP contribution in [0.25, 0.3) is 0 Å². The second-order valence-corrected chi connectivity index (χ2v) is 6.03. The number of anilines is 1. The van der Waals surface area contributed by atoms with Crippen LogP contribution in [0.15, 0.2) is 34.9 Å². The van der Waals surface area contributed by atoms with E-state index in [9.17, 15) is 14.7 Å². The molecule has 0 aliphatic rings. The Labute approximate surface area is 149 Å². The van der Waals surface area contributed by atoms with Crippen LogP contribution in [0.2, 0.25) is 10.0 Å². The monoisotopic (exact) mass is 418 g/mol. The number of amides is 1. The summed E-state index contributed by atoms with van der Waals surface area (Å²) < 4.78 is 5.42. The van der Waals surface area contributed by atoms with Crippen LogP contribution in [-0.4, -0.2) is 28.6 Å². The van der Waals surface area contributed by atoms with Gasteiger partial charge in [0.25, 0.3) is 5.91 Å². The molecular formula is C14H9BrCl2N2O4. The van der Waals surface area contributed by atoms with E-state index in [1.54, 1.807) is 6.07 Å². The first-order valence-corrected chi connectivity index (χ1v) is 7.68. The van der Waals surface area contributed by atoms with E-state index in [-0.39, 0.29) is 22.2 Å². The standard InChI is InChI=1S/C14H9BrCl2N2O4/c15-7-1-2-11(20)9(3-7)14(22)23-6-12(21)19-13-10(17)4-8(16)5-18-13/h1-5,20H,6H2,(H,18,19,21). The molecule has 0 saturated carbocycles. The fraction of sp³-hybridized carbons (Fsp3) is 0.0714. The molecule has 9 heteroatoms. The number of phenolic OH excluding ortho intramolecular Hbond substituents is 1. The van der Waals surface area contributed by atoms with Crippen LogP contribution in [0.5, 0.6) is 5.75 Å². The Bertz CT molecular complexity index is 770. The van der Waals surface area contributed by atoms with Crippen LogP contribution in [-0.2, 0) is 9.53 Å². The molecule has 1 heterocycles. The molecule has 0 aliphatic carbocycles. The van der Waals surface area contributed by atoms with Gasteiger partial charge >= 0.3 is 5.97 Å². The molecule has 0 radical (unpaired) electrons. The first kappa shape index (κ1) is 17.5. The van der Waals surface area contributed by atoms with Crippen molar-refractivity contribution in [3.05, 3.63) is 50.5 Å². The summed E-state index contributed by atoms with van der Waals surface area (Å²) in [6, 6.07) is 5.69. The molecule has 1 aromatic carbocycles. The summed E-state index contributed by atoms with van der Waals surface area (Å²) in [5.74, 6) is -1.62. The predicted octanol–water partition coefficient (Wildman–Crippen LogP) is 3.65. The van der Waals surface area contributed by atoms with Crippen LogP contribution in [0.1, 0.15) is 10.4 Å². The quantitative estimate of drug-likeness (QED) is 0.738. The largest absolute Gasteiger partial charge is 0.507 e. The molecule has 2 rings (SSSR count). The molecule has 23 heavy (non-hydrogen) atoms. The minimum Gasteiger partial charge on any atom is -0.507 e. The van der Waals surface area contributed by atoms with Gasteiger partial charge in [-0.3, -0.25) is 4.79 Å². The zero-order valence-electron chi connectivity index (χ0n) is 11.3. The Kier molecular flexibility index (Phi) is 5.81. The van der Waals surface area contributed by atoms with Gasteiger partial charge in [0.15, 0.2) is 12.4 Å². The van der Waals surface area contributed by atoms with Gasteiger partial charge in [-0.05, 0) is 24.3 Å². The number of aromatic nitrogens is 1. The van der Waals surface area contributed by atoms with Crippen LogP contribution in [0.3, 0.4) is 0 Å². The van der Waals surface area contributed by atoms with E-state index in [0.29, 0.717) is 9.50 Å². The number of carbonyl (C=O) groups is 2. The fourth-order valence-corrected chi connectivity index (χ4v) is 2.34. The van der Waals surface area contributed by atoms with E-state index in [1.807, 2.05) is 0 Å². The van der Waals surface area contributed by atoms with Crippen molar-refractivity contribution in [1.82, 2.24) is 4.98 Å². The van der Waals surface area contributed by atoms with Crippen molar-refractivity contribution in [2.75, 3.05) is 11.9 Å². The molecular weight excluding hydrogens is 411 g/mol. The molecule has 0 atom stereocenters. The molecule has 0 spiro atoms. The maximum atomic E-state index is 11.8. The van der Waals surface area contributed by atoms with Crippen molar-refractivity contribution in [2.45, 2.75) is 0 Å². The van der Waals surface area contributed by atoms with E-state index in [1.165, 1.54) is 24.4 Å². The van der Waals surface area contributed by atoms with Gasteiger partial charge in [0.05, 0.1) is 10.0 Å². The van der Waals surface area contributed by atoms with Gasteiger partial charge in [0, 0.05) is 10.7 Å². The summed E-state index contributed by atoms with van der Waals surface area (Å²) >= 11 is 14.7. The summed E-state index contributed by atoms with van der Waals surface area (Å²) in [5, 5.41) is 12.5. The highest BCUT2D eigenvalue weighted by molar-refractivity contribution is 9.10. The van der Waals surface area contributed by atoms with Gasteiger partial charge in [-0.1, -0.05) is 39.1 Å². The Balaban J connectivity index is 1.96. The summed E-state index contributed by atoms with van der Waals surface area (Å²) in [6.07, 6.45) is 1.31. The van der Waals surface area contributed by atoms with E-state index in [2.05, 4.69) is 26.2 Å². The molecule has 1 aromatic heterocycles. The lowest BCUT2D eigenvalue weighted by Crippen LogP contribution is -2.21. The van der Waals surface area contributed by atoms with Crippen LogP contribution in [0.4, 0.5) is 5.82 Å². The third kappa shape index (κ3) is 4.82. The third-order valence-electron chi connectivity index (χ3n) is 2.58. The van der Waals surface area contributed by atoms with E-state index in [4.69, 9.17) is 27.9 Å². The van der Waals surface area contributed by atoms with E-state index < -0.39 is 18.5 Å². The minimum absolute atomic E-state index is 0.0603. The van der Waals surface area contributed by atoms with E-state index >= 15 is 0 Å². The van der Waals surface area contributed by atoms with Gasteiger partial charge in [0.2, 0.25) is 0 Å². The zero-order valence-corrected chi connectivity index (χ0v) is 14.4. The van der Waals surface area contributed by atoms with Crippen molar-refractivity contribution in [3.63, 3.8) is 0 Å². The number of ether oxygens (including phenoxy) is 1. The zero-order chi connectivity index (χ0) is 17.0. The lowest BCUT2D eigenvalue weighted by Gasteiger charge is -2.08. The van der Waals surface area contributed by atoms with Crippen LogP contribution >= 0.6 is 39.1 Å². The highest BCUT2D eigenvalue weighted by atomic mass is 79.9. The van der Waals surface area contributed by atoms with Gasteiger partial charge in [-0.25, -0.2) is 9.78 Å². The molecule has 0 saturated heterocycles. The number of phenols is 1. The molecule has 0 aliphatic heterocycles. The number of benzene rings is 1. The normalized spacial score (nSPS) is 10.2. The second kappa shape index (κ2) is 7.63. The SMILES string of the molecule is O=C(COC(=O)c1cc(Br)ccc1O)Nc1ncc(Cl)cc1Cl. The highest BCUT2D eigenvalue weighted by Crippen LogP contribution is 2.23. The number of hydrogen-bond acceptors (Lipinski definition) is 5. The van der Waals surface area contributed by atoms with E-state index in [0.717, 1.165) is 0 Å². The summed E-state index contributed by atoms with van der Waals surface area (Å²) in [4.78, 5) is 27.4. The number of hydrogen-bond donors (Lipinski definition) is 2. The number of nitrogens with one attached hydrogen (secondary N) is 1. The maximum absolute atomic E-state index is 11.8. The number of pyridine rings is 1. The molecule has 0 unspecified atom stereocenters. The third-order valence-corrected chi connectivity index (χ3v) is 3.57. The lowest BCUT2D eigenvalue weighted by atomic mass is 10.2. The Hall–Kier alpha value is -1.83. The molecule has 1 amide bonds. The Morgan fingerprint density at radius 2 is 2.04 bits per heavy atom. The topological polar surface area (TPSA) is 88.5 Å². The first-order valence-electron chi connectivity index (χ1n) is 6.13. The lowest BCUT2D eigenvalue weighted by molar-refractivity contribution is -0.119. The molecule has 120 valence electrons. The number of aromatic hydroxyl groups is 1. The van der Waals surface area contributed by atoms with Crippen molar-refractivity contribution < 1.29 is 19.4 Å². The summed E-state index contributed by atoms with van der Waals surface area (Å²) in [7, 11) is 0. The summed E-state index contributed by atoms with van der Waals surface area (Å²) in [5.41, 5.74) is -0.0603. The number of halogens is 3. The average Bonchev–Trinajstić information content (AvgIpc) is 2.50. The maximum Gasteiger partial charge on any atom is 0.342 e.